The topological polar surface area (TPSA) is 85.8 Å². The van der Waals surface area contributed by atoms with E-state index in [-0.39, 0.29) is 17.6 Å². The highest BCUT2D eigenvalue weighted by Crippen LogP contribution is 2.36. The third-order valence-electron chi connectivity index (χ3n) is 8.31. The van der Waals surface area contributed by atoms with Crippen LogP contribution < -0.4 is 10.9 Å². The molecule has 0 radical (unpaired) electrons. The lowest BCUT2D eigenvalue weighted by molar-refractivity contribution is 0.133. The number of pyridine rings is 2. The molecule has 9 nitrogen and oxygen atoms in total. The van der Waals surface area contributed by atoms with Crippen LogP contribution in [0.25, 0.3) is 44.0 Å². The van der Waals surface area contributed by atoms with E-state index in [4.69, 9.17) is 21.7 Å². The number of fused-ring (bicyclic) bond motifs is 4. The average molecular weight is 567 g/mol. The van der Waals surface area contributed by atoms with Crippen LogP contribution in [0.1, 0.15) is 30.1 Å². The van der Waals surface area contributed by atoms with E-state index in [0.717, 1.165) is 68.5 Å². The van der Waals surface area contributed by atoms with Crippen molar-refractivity contribution in [1.29, 1.82) is 0 Å². The van der Waals surface area contributed by atoms with Gasteiger partial charge in [0.15, 0.2) is 0 Å². The normalized spacial score (nSPS) is 15.2. The van der Waals surface area contributed by atoms with Crippen LogP contribution >= 0.6 is 11.6 Å². The monoisotopic (exact) mass is 566 g/mol. The Balaban J connectivity index is 1.36. The quantitative estimate of drug-likeness (QED) is 0.279. The molecule has 0 spiro atoms. The highest BCUT2D eigenvalue weighted by atomic mass is 35.5. The molecule has 2 aromatic carbocycles. The first kappa shape index (κ1) is 25.7. The molecule has 1 unspecified atom stereocenters. The lowest BCUT2D eigenvalue weighted by Gasteiger charge is -2.36. The largest absolute Gasteiger partial charge is 0.377 e. The summed E-state index contributed by atoms with van der Waals surface area (Å²) in [6.45, 7) is 5.98. The molecule has 41 heavy (non-hydrogen) atoms. The second kappa shape index (κ2) is 9.43. The van der Waals surface area contributed by atoms with Gasteiger partial charge in [-0.3, -0.25) is 14.0 Å². The molecule has 6 aromatic rings. The second-order valence-electron chi connectivity index (χ2n) is 11.3. The number of hydrogen-bond donors (Lipinski definition) is 1. The molecule has 1 aliphatic rings. The van der Waals surface area contributed by atoms with Gasteiger partial charge >= 0.3 is 0 Å². The fourth-order valence-electron chi connectivity index (χ4n) is 6.25. The highest BCUT2D eigenvalue weighted by Gasteiger charge is 2.29. The Morgan fingerprint density at radius 2 is 1.80 bits per heavy atom. The summed E-state index contributed by atoms with van der Waals surface area (Å²) >= 11 is 6.39. The number of rotatable bonds is 5. The van der Waals surface area contributed by atoms with Gasteiger partial charge in [0.05, 0.1) is 35.3 Å². The van der Waals surface area contributed by atoms with Gasteiger partial charge in [-0.05, 0) is 62.4 Å². The summed E-state index contributed by atoms with van der Waals surface area (Å²) in [4.78, 5) is 20.7. The molecule has 1 aliphatic heterocycles. The Morgan fingerprint density at radius 3 is 2.59 bits per heavy atom. The van der Waals surface area contributed by atoms with Crippen molar-refractivity contribution in [2.45, 2.75) is 25.9 Å². The summed E-state index contributed by atoms with van der Waals surface area (Å²) in [6.07, 6.45) is 3.77. The number of hydrogen-bond acceptors (Lipinski definition) is 6. The minimum atomic E-state index is -0.144. The summed E-state index contributed by atoms with van der Waals surface area (Å²) in [5.41, 5.74) is 6.51. The van der Waals surface area contributed by atoms with Crippen LogP contribution in [0, 0.1) is 6.92 Å². The number of nitrogens with zero attached hydrogens (tertiary/aromatic N) is 7. The number of likely N-dealkylation sites (N-methyl/N-ethyl adjacent to an activating group) is 1. The van der Waals surface area contributed by atoms with Crippen molar-refractivity contribution < 1.29 is 0 Å². The van der Waals surface area contributed by atoms with Crippen LogP contribution in [0.3, 0.4) is 0 Å². The maximum atomic E-state index is 13.7. The molecule has 5 heterocycles. The fraction of sp³-hybridized carbons (Fsp3) is 0.290. The number of anilines is 1. The number of aromatic nitrogens is 6. The second-order valence-corrected chi connectivity index (χ2v) is 11.7. The van der Waals surface area contributed by atoms with Crippen molar-refractivity contribution in [3.63, 3.8) is 0 Å². The third kappa shape index (κ3) is 4.10. The van der Waals surface area contributed by atoms with Crippen LogP contribution in [0.4, 0.5) is 5.69 Å². The zero-order valence-corrected chi connectivity index (χ0v) is 24.4. The van der Waals surface area contributed by atoms with Crippen molar-refractivity contribution >= 4 is 50.0 Å². The van der Waals surface area contributed by atoms with E-state index in [9.17, 15) is 4.79 Å². The van der Waals surface area contributed by atoms with Crippen LogP contribution in [-0.2, 0) is 14.1 Å². The lowest BCUT2D eigenvalue weighted by atomic mass is 9.95. The SMILES string of the molecule is Cc1cc(C(C)Nc2ccc(Cl)nc2-c2ccc3c(cnn3C)c2)c2c(c1)c(=O)n(C)c1c2cnn1C1CN(C)C1. The summed E-state index contributed by atoms with van der Waals surface area (Å²) in [5.74, 6) is 0. The maximum Gasteiger partial charge on any atom is 0.259 e. The van der Waals surface area contributed by atoms with E-state index in [2.05, 4.69) is 41.4 Å². The van der Waals surface area contributed by atoms with Crippen molar-refractivity contribution in [1.82, 2.24) is 34.0 Å². The van der Waals surface area contributed by atoms with E-state index in [1.807, 2.05) is 67.0 Å². The minimum Gasteiger partial charge on any atom is -0.377 e. The molecule has 1 saturated heterocycles. The van der Waals surface area contributed by atoms with Gasteiger partial charge in [0, 0.05) is 60.3 Å². The van der Waals surface area contributed by atoms with Crippen molar-refractivity contribution in [3.8, 4) is 11.3 Å². The Bertz CT molecular complexity index is 2050. The van der Waals surface area contributed by atoms with Crippen LogP contribution in [0.2, 0.25) is 5.15 Å². The molecule has 7 rings (SSSR count). The lowest BCUT2D eigenvalue weighted by Crippen LogP contribution is -2.45. The summed E-state index contributed by atoms with van der Waals surface area (Å²) in [5, 5.41) is 16.9. The third-order valence-corrected chi connectivity index (χ3v) is 8.53. The van der Waals surface area contributed by atoms with E-state index < -0.39 is 0 Å². The predicted molar refractivity (Wildman–Crippen MR) is 165 cm³/mol. The highest BCUT2D eigenvalue weighted by molar-refractivity contribution is 6.29. The van der Waals surface area contributed by atoms with Crippen LogP contribution in [0.5, 0.6) is 0 Å². The number of halogens is 1. The molecule has 4 aromatic heterocycles. The maximum absolute atomic E-state index is 13.7. The molecular weight excluding hydrogens is 536 g/mol. The van der Waals surface area contributed by atoms with Gasteiger partial charge in [0.2, 0.25) is 0 Å². The number of aryl methyl sites for hydroxylation is 3. The summed E-state index contributed by atoms with van der Waals surface area (Å²) < 4.78 is 5.62. The van der Waals surface area contributed by atoms with Gasteiger partial charge in [-0.1, -0.05) is 23.7 Å². The van der Waals surface area contributed by atoms with Gasteiger partial charge < -0.3 is 10.2 Å². The predicted octanol–water partition coefficient (Wildman–Crippen LogP) is 5.46. The van der Waals surface area contributed by atoms with Crippen LogP contribution in [-0.4, -0.2) is 54.1 Å². The fourth-order valence-corrected chi connectivity index (χ4v) is 6.40. The molecule has 0 saturated carbocycles. The Hall–Kier alpha value is -4.21. The first-order chi connectivity index (χ1) is 19.7. The van der Waals surface area contributed by atoms with Gasteiger partial charge in [0.1, 0.15) is 10.8 Å². The molecule has 1 fully saturated rings. The summed E-state index contributed by atoms with van der Waals surface area (Å²) in [7, 11) is 5.87. The first-order valence-corrected chi connectivity index (χ1v) is 14.1. The number of likely N-dealkylation sites (tertiary alicyclic amines) is 1. The zero-order chi connectivity index (χ0) is 28.6. The Morgan fingerprint density at radius 1 is 1.00 bits per heavy atom. The molecular formula is C31H31ClN8O. The van der Waals surface area contributed by atoms with E-state index in [0.29, 0.717) is 10.5 Å². The molecule has 10 heteroatoms. The van der Waals surface area contributed by atoms with E-state index in [1.165, 1.54) is 0 Å². The first-order valence-electron chi connectivity index (χ1n) is 13.7. The number of nitrogens with one attached hydrogen (secondary N) is 1. The standard InChI is InChI=1S/C31H31ClN8O/c1-17-10-22(28-23(11-17)31(41)38(4)30-24(28)14-34-40(30)21-15-37(3)16-21)18(2)35-25-7-9-27(32)36-29(25)19-6-8-26-20(12-19)13-33-39(26)5/h6-14,18,21,35H,15-16H2,1-5H3. The van der Waals surface area contributed by atoms with Gasteiger partial charge in [-0.2, -0.15) is 10.2 Å². The molecule has 0 aliphatic carbocycles. The van der Waals surface area contributed by atoms with Gasteiger partial charge in [-0.25, -0.2) is 9.67 Å². The van der Waals surface area contributed by atoms with Crippen molar-refractivity contribution in [3.05, 3.63) is 81.5 Å². The molecule has 1 N–H and O–H groups in total. The Kier molecular flexibility index (Phi) is 5.92. The van der Waals surface area contributed by atoms with Crippen molar-refractivity contribution in [2.75, 3.05) is 25.5 Å². The minimum absolute atomic E-state index is 0.0160. The van der Waals surface area contributed by atoms with E-state index in [1.54, 1.807) is 10.6 Å². The summed E-state index contributed by atoms with van der Waals surface area (Å²) in [6, 6.07) is 14.2. The van der Waals surface area contributed by atoms with E-state index >= 15 is 0 Å². The van der Waals surface area contributed by atoms with Gasteiger partial charge in [0.25, 0.3) is 5.56 Å². The van der Waals surface area contributed by atoms with Gasteiger partial charge in [-0.15, -0.1) is 0 Å². The van der Waals surface area contributed by atoms with Crippen LogP contribution in [0.15, 0.2) is 59.7 Å². The Labute approximate surface area is 242 Å². The number of benzene rings is 2. The van der Waals surface area contributed by atoms with Crippen molar-refractivity contribution in [2.24, 2.45) is 14.1 Å². The molecule has 1 atom stereocenters. The zero-order valence-electron chi connectivity index (χ0n) is 23.7. The molecule has 0 amide bonds. The molecule has 208 valence electrons. The molecule has 0 bridgehead atoms. The smallest absolute Gasteiger partial charge is 0.259 e. The average Bonchev–Trinajstić information content (AvgIpc) is 3.54.